The van der Waals surface area contributed by atoms with E-state index in [1.807, 2.05) is 54.6 Å². The molecule has 0 saturated heterocycles. The molecular formula is C107H102F11IN12O4. The van der Waals surface area contributed by atoms with Gasteiger partial charge in [-0.2, -0.15) is 0 Å². The van der Waals surface area contributed by atoms with E-state index >= 15 is 0 Å². The summed E-state index contributed by atoms with van der Waals surface area (Å²) >= 11 is 2.26. The Bertz CT molecular complexity index is 6420. The predicted octanol–water partition coefficient (Wildman–Crippen LogP) is 24.4. The van der Waals surface area contributed by atoms with Gasteiger partial charge >= 0.3 is 0 Å². The monoisotopic (exact) mass is 1950 g/mol. The molecule has 698 valence electrons. The zero-order chi connectivity index (χ0) is 93.9. The third kappa shape index (κ3) is 23.2. The van der Waals surface area contributed by atoms with Gasteiger partial charge in [0.25, 0.3) is 5.91 Å². The predicted molar refractivity (Wildman–Crippen MR) is 504 cm³/mol. The summed E-state index contributed by atoms with van der Waals surface area (Å²) in [5.74, 6) is -11.6. The first-order valence-corrected chi connectivity index (χ1v) is 48.2. The summed E-state index contributed by atoms with van der Waals surface area (Å²) in [4.78, 5) is 90.3. The number of halogens is 12. The third-order valence-corrected chi connectivity index (χ3v) is 27.8. The second-order valence-electron chi connectivity index (χ2n) is 36.7. The van der Waals surface area contributed by atoms with Crippen LogP contribution in [-0.4, -0.2) is 63.5 Å². The van der Waals surface area contributed by atoms with Gasteiger partial charge in [0.1, 0.15) is 23.3 Å². The Balaban J connectivity index is 0.000000125. The second kappa shape index (κ2) is 43.3. The second-order valence-corrected chi connectivity index (χ2v) is 38.0. The van der Waals surface area contributed by atoms with E-state index in [1.54, 1.807) is 42.5 Å². The number of rotatable bonds is 19. The van der Waals surface area contributed by atoms with E-state index in [0.29, 0.717) is 127 Å². The van der Waals surface area contributed by atoms with Crippen molar-refractivity contribution in [3.63, 3.8) is 0 Å². The van der Waals surface area contributed by atoms with Crippen molar-refractivity contribution in [1.82, 2.24) is 39.9 Å². The summed E-state index contributed by atoms with van der Waals surface area (Å²) in [6.45, 7) is 0. The number of carbonyl (C=O) groups is 4. The maximum Gasteiger partial charge on any atom is 0.256 e. The van der Waals surface area contributed by atoms with Gasteiger partial charge in [-0.25, -0.2) is 88.2 Å². The molecule has 4 saturated carbocycles. The number of aromatic nitrogens is 8. The molecular weight excluding hydrogens is 1850 g/mol. The van der Waals surface area contributed by atoms with Crippen molar-refractivity contribution in [3.8, 4) is 45.0 Å². The van der Waals surface area contributed by atoms with Crippen LogP contribution in [0.4, 0.5) is 71.6 Å². The lowest BCUT2D eigenvalue weighted by atomic mass is 9.85. The summed E-state index contributed by atoms with van der Waals surface area (Å²) in [5, 5.41) is 11.5. The van der Waals surface area contributed by atoms with Gasteiger partial charge < -0.3 is 21.3 Å². The minimum Gasteiger partial charge on any atom is -0.309 e. The van der Waals surface area contributed by atoms with Crippen LogP contribution in [0.5, 0.6) is 0 Å². The Labute approximate surface area is 789 Å². The molecule has 16 nitrogen and oxygen atoms in total. The number of aryl methyl sites for hydroxylation is 8. The molecule has 4 amide bonds. The summed E-state index contributed by atoms with van der Waals surface area (Å²) in [6.07, 6.45) is 30.4. The Kier molecular flexibility index (Phi) is 30.4. The normalized spacial score (nSPS) is 15.5. The quantitative estimate of drug-likeness (QED) is 0.0257. The van der Waals surface area contributed by atoms with Crippen LogP contribution in [0.2, 0.25) is 0 Å². The van der Waals surface area contributed by atoms with E-state index in [1.165, 1.54) is 120 Å². The van der Waals surface area contributed by atoms with Crippen LogP contribution in [0.15, 0.2) is 146 Å². The molecule has 4 aromatic heterocycles. The molecule has 8 aliphatic carbocycles. The van der Waals surface area contributed by atoms with Gasteiger partial charge in [0.15, 0.2) is 58.2 Å². The smallest absolute Gasteiger partial charge is 0.256 e. The van der Waals surface area contributed by atoms with Crippen molar-refractivity contribution in [1.29, 1.82) is 0 Å². The number of hydrogen-bond acceptors (Lipinski definition) is 12. The van der Waals surface area contributed by atoms with E-state index in [9.17, 15) is 67.5 Å². The number of anilines is 4. The van der Waals surface area contributed by atoms with Gasteiger partial charge in [0, 0.05) is 37.0 Å². The Morgan fingerprint density at radius 1 is 0.296 bits per heavy atom. The molecule has 0 bridgehead atoms. The molecule has 0 unspecified atom stereocenters. The van der Waals surface area contributed by atoms with E-state index in [4.69, 9.17) is 34.9 Å². The zero-order valence-corrected chi connectivity index (χ0v) is 76.8. The number of hydrogen-bond donors (Lipinski definition) is 4. The van der Waals surface area contributed by atoms with Crippen LogP contribution < -0.4 is 21.3 Å². The van der Waals surface area contributed by atoms with Gasteiger partial charge in [0.2, 0.25) is 23.5 Å². The van der Waals surface area contributed by atoms with Crippen molar-refractivity contribution < 1.29 is 67.5 Å². The molecule has 28 heteroatoms. The topological polar surface area (TPSA) is 220 Å². The van der Waals surface area contributed by atoms with Gasteiger partial charge in [-0.15, -0.1) is 0 Å². The van der Waals surface area contributed by atoms with E-state index < -0.39 is 58.6 Å². The van der Waals surface area contributed by atoms with E-state index in [-0.39, 0.29) is 53.2 Å². The average molecular weight is 1960 g/mol. The van der Waals surface area contributed by atoms with Crippen LogP contribution in [0.1, 0.15) is 223 Å². The van der Waals surface area contributed by atoms with E-state index in [0.717, 1.165) is 188 Å². The first-order chi connectivity index (χ1) is 65.4. The lowest BCUT2D eigenvalue weighted by Crippen LogP contribution is -2.22. The van der Waals surface area contributed by atoms with Crippen molar-refractivity contribution in [2.75, 3.05) is 21.3 Å². The first-order valence-electron chi connectivity index (χ1n) is 47.1. The third-order valence-electron chi connectivity index (χ3n) is 27.1. The van der Waals surface area contributed by atoms with Gasteiger partial charge in [-0.05, 0) is 266 Å². The summed E-state index contributed by atoms with van der Waals surface area (Å²) in [5.41, 5.74) is 17.0. The molecule has 4 heterocycles. The molecule has 8 aromatic carbocycles. The Hall–Kier alpha value is -12.1. The molecule has 4 fully saturated rings. The largest absolute Gasteiger partial charge is 0.309 e. The van der Waals surface area contributed by atoms with Crippen molar-refractivity contribution in [2.45, 2.75) is 225 Å². The summed E-state index contributed by atoms with van der Waals surface area (Å²) in [7, 11) is 0. The highest BCUT2D eigenvalue weighted by atomic mass is 127. The Morgan fingerprint density at radius 2 is 0.600 bits per heavy atom. The molecule has 8 aliphatic rings. The molecule has 12 aromatic rings. The lowest BCUT2D eigenvalue weighted by Gasteiger charge is -2.24. The first kappa shape index (κ1) is 94.7. The molecule has 135 heavy (non-hydrogen) atoms. The average Bonchev–Trinajstić information content (AvgIpc) is 0.776. The minimum absolute atomic E-state index is 0.0753. The maximum atomic E-state index is 14.1. The van der Waals surface area contributed by atoms with Crippen molar-refractivity contribution in [2.24, 2.45) is 23.7 Å². The van der Waals surface area contributed by atoms with Crippen LogP contribution in [0.3, 0.4) is 0 Å². The van der Waals surface area contributed by atoms with Crippen molar-refractivity contribution in [3.05, 3.63) is 303 Å². The number of benzene rings is 8. The molecule has 0 atom stereocenters. The minimum atomic E-state index is -2.28. The molecule has 0 radical (unpaired) electrons. The van der Waals surface area contributed by atoms with Gasteiger partial charge in [0.05, 0.1) is 87.6 Å². The number of fused-ring (bicyclic) bond motifs is 12. The molecule has 0 spiro atoms. The number of nitrogens with one attached hydrogen (secondary N) is 4. The fourth-order valence-corrected chi connectivity index (χ4v) is 20.5. The standard InChI is InChI=1S/C27H23F6N3O.C27H26F3N3O.C27H27FIN3O.C26H26FN3O/c28-15-7-8-16-14(11-15)6-9-18-26(16)34-19(10-13-4-2-1-3-5-13)27(35-18)36-20(37)12-17-21(29)23(31)25(33)24(32)22(17)30;28-19-8-9-20-18(15-19)7-11-23-26(20)31-24(13-16-4-2-1-3-5-16)27(32-23)33-25(34)14-17-6-10-21(29)22(30)12-17;28-20-9-12-22-19(16-20)8-13-23-26(22)30-24(14-17-4-2-1-3-5-17)27(31-23)32-25(33)15-18-6-10-21(29)11-7-18;27-20-12-13-21-19(16-20)11-14-22-24(21)28-23(15-17-7-3-1-4-8-17)25(29-22)30-26(31)18-9-5-2-6-10-18/h7-8,11,13H,1-6,9-10,12H2,(H,35,36,37);6,8-10,12,15-16H,1-5,7,11,13-14H2,(H,32,33,34);6-7,9-12,16-17H,1-5,8,13-15H2,(H,31,32,33);2,5-6,9-10,12-13,16-17H,1,3-4,7-8,11,14-15H2,(H,29,30,31). The highest BCUT2D eigenvalue weighted by molar-refractivity contribution is 14.1. The van der Waals surface area contributed by atoms with Crippen LogP contribution in [0.25, 0.3) is 45.0 Å². The SMILES string of the molecule is O=C(Cc1c(F)c(F)c(F)c(F)c1F)Nc1nc2c(nc1CC1CCCCC1)-c1ccc(F)cc1CC2.O=C(Cc1ccc(F)c(F)c1)Nc1nc2c(nc1CC1CCCCC1)-c1ccc(F)cc1CC2.O=C(Cc1ccc(I)cc1)Nc1nc2c(nc1CC1CCCCC1)-c1ccc(F)cc1CC2.O=C(Nc1nc2c(nc1CC1CCCCC1)-c1ccc(F)cc1CC2)c1ccccc1. The molecule has 20 rings (SSSR count). The maximum absolute atomic E-state index is 14.1. The van der Waals surface area contributed by atoms with Gasteiger partial charge in [-0.1, -0.05) is 165 Å². The Morgan fingerprint density at radius 3 is 0.933 bits per heavy atom. The fraction of sp³-hybridized carbons (Fsp3) is 0.364. The molecule has 4 N–H and O–H groups in total. The summed E-state index contributed by atoms with van der Waals surface area (Å²) in [6, 6.07) is 39.6. The van der Waals surface area contributed by atoms with Crippen molar-refractivity contribution >= 4 is 69.5 Å². The van der Waals surface area contributed by atoms with Crippen LogP contribution in [-0.2, 0) is 111 Å². The zero-order valence-electron chi connectivity index (χ0n) is 74.7. The number of amides is 4. The summed E-state index contributed by atoms with van der Waals surface area (Å²) < 4.78 is 152. The fourth-order valence-electron chi connectivity index (χ4n) is 20.1. The highest BCUT2D eigenvalue weighted by Crippen LogP contribution is 2.43. The van der Waals surface area contributed by atoms with Crippen LogP contribution in [0, 0.1) is 91.2 Å². The van der Waals surface area contributed by atoms with Crippen LogP contribution >= 0.6 is 22.6 Å². The number of carbonyl (C=O) groups excluding carboxylic acids is 4. The van der Waals surface area contributed by atoms with Gasteiger partial charge in [-0.3, -0.25) is 19.2 Å². The highest BCUT2D eigenvalue weighted by Gasteiger charge is 2.34. The van der Waals surface area contributed by atoms with E-state index in [2.05, 4.69) is 48.8 Å². The number of nitrogens with zero attached hydrogens (tertiary/aromatic N) is 8. The lowest BCUT2D eigenvalue weighted by molar-refractivity contribution is -0.116. The molecule has 0 aliphatic heterocycles.